The van der Waals surface area contributed by atoms with E-state index in [9.17, 15) is 0 Å². The van der Waals surface area contributed by atoms with Crippen molar-refractivity contribution in [1.82, 2.24) is 5.01 Å². The van der Waals surface area contributed by atoms with Crippen LogP contribution < -0.4 is 5.84 Å². The van der Waals surface area contributed by atoms with Crippen LogP contribution in [0.2, 0.25) is 0 Å². The standard InChI is InChI=1S/C9H22N2/c1-3-5-7-9-11(10)8-6-4-2/h3-10H2,1-2H3. The lowest BCUT2D eigenvalue weighted by atomic mass is 10.2. The molecule has 0 aromatic heterocycles. The number of nitrogens with two attached hydrogens (primary N) is 1. The van der Waals surface area contributed by atoms with Crippen molar-refractivity contribution in [3.05, 3.63) is 0 Å². The lowest BCUT2D eigenvalue weighted by Gasteiger charge is -2.14. The zero-order valence-corrected chi connectivity index (χ0v) is 7.97. The molecule has 2 heteroatoms. The van der Waals surface area contributed by atoms with E-state index in [1.165, 1.54) is 32.1 Å². The molecule has 0 aromatic carbocycles. The molecule has 0 radical (unpaired) electrons. The van der Waals surface area contributed by atoms with E-state index in [-0.39, 0.29) is 0 Å². The zero-order valence-electron chi connectivity index (χ0n) is 7.97. The molecule has 0 aliphatic rings. The molecule has 2 nitrogen and oxygen atoms in total. The molecular weight excluding hydrogens is 136 g/mol. The minimum atomic E-state index is 1.06. The highest BCUT2D eigenvalue weighted by Gasteiger charge is 1.95. The summed E-state index contributed by atoms with van der Waals surface area (Å²) in [5.74, 6) is 5.73. The summed E-state index contributed by atoms with van der Waals surface area (Å²) >= 11 is 0. The monoisotopic (exact) mass is 158 g/mol. The van der Waals surface area contributed by atoms with Crippen LogP contribution in [0.25, 0.3) is 0 Å². The van der Waals surface area contributed by atoms with Gasteiger partial charge in [-0.05, 0) is 12.8 Å². The van der Waals surface area contributed by atoms with Gasteiger partial charge in [0.1, 0.15) is 0 Å². The molecule has 0 aliphatic carbocycles. The van der Waals surface area contributed by atoms with Crippen molar-refractivity contribution in [1.29, 1.82) is 0 Å². The number of nitrogens with zero attached hydrogens (tertiary/aromatic N) is 1. The fraction of sp³-hybridized carbons (Fsp3) is 1.00. The average molecular weight is 158 g/mol. The average Bonchev–Trinajstić information content (AvgIpc) is 2.01. The Labute approximate surface area is 70.7 Å². The van der Waals surface area contributed by atoms with Gasteiger partial charge in [-0.1, -0.05) is 33.1 Å². The fourth-order valence-electron chi connectivity index (χ4n) is 1.04. The van der Waals surface area contributed by atoms with Gasteiger partial charge in [-0.15, -0.1) is 0 Å². The molecule has 0 saturated carbocycles. The minimum absolute atomic E-state index is 1.06. The van der Waals surface area contributed by atoms with Crippen LogP contribution in [0.1, 0.15) is 46.0 Å². The summed E-state index contributed by atoms with van der Waals surface area (Å²) in [6.07, 6.45) is 6.29. The summed E-state index contributed by atoms with van der Waals surface area (Å²) in [4.78, 5) is 0. The second-order valence-electron chi connectivity index (χ2n) is 3.10. The summed E-state index contributed by atoms with van der Waals surface area (Å²) in [6.45, 7) is 6.53. The first kappa shape index (κ1) is 10.9. The van der Waals surface area contributed by atoms with Gasteiger partial charge in [0.05, 0.1) is 0 Å². The largest absolute Gasteiger partial charge is 0.269 e. The maximum absolute atomic E-state index is 5.73. The number of unbranched alkanes of at least 4 members (excludes halogenated alkanes) is 3. The van der Waals surface area contributed by atoms with Crippen LogP contribution in [0.4, 0.5) is 0 Å². The van der Waals surface area contributed by atoms with Gasteiger partial charge in [-0.25, -0.2) is 5.01 Å². The first-order valence-electron chi connectivity index (χ1n) is 4.80. The van der Waals surface area contributed by atoms with E-state index in [1.54, 1.807) is 0 Å². The van der Waals surface area contributed by atoms with E-state index in [1.807, 2.05) is 5.01 Å². The van der Waals surface area contributed by atoms with Gasteiger partial charge in [-0.2, -0.15) is 0 Å². The lowest BCUT2D eigenvalue weighted by Crippen LogP contribution is -2.32. The first-order valence-corrected chi connectivity index (χ1v) is 4.80. The van der Waals surface area contributed by atoms with Crippen molar-refractivity contribution in [3.63, 3.8) is 0 Å². The topological polar surface area (TPSA) is 29.3 Å². The molecule has 0 atom stereocenters. The van der Waals surface area contributed by atoms with Crippen LogP contribution in [0.15, 0.2) is 0 Å². The Balaban J connectivity index is 3.02. The third kappa shape index (κ3) is 7.82. The maximum Gasteiger partial charge on any atom is 0.0128 e. The predicted molar refractivity (Wildman–Crippen MR) is 50.2 cm³/mol. The Kier molecular flexibility index (Phi) is 7.96. The van der Waals surface area contributed by atoms with Gasteiger partial charge in [0.25, 0.3) is 0 Å². The van der Waals surface area contributed by atoms with Gasteiger partial charge in [0.2, 0.25) is 0 Å². The molecule has 0 aromatic rings. The van der Waals surface area contributed by atoms with E-state index in [2.05, 4.69) is 13.8 Å². The Bertz CT molecular complexity index is 74.0. The second kappa shape index (κ2) is 8.02. The molecule has 0 bridgehead atoms. The number of hydrazine groups is 1. The normalized spacial score (nSPS) is 10.9. The summed E-state index contributed by atoms with van der Waals surface area (Å²) in [5.41, 5.74) is 0. The third-order valence-electron chi connectivity index (χ3n) is 1.85. The molecule has 0 amide bonds. The van der Waals surface area contributed by atoms with E-state index in [0.717, 1.165) is 13.1 Å². The van der Waals surface area contributed by atoms with Gasteiger partial charge < -0.3 is 0 Å². The van der Waals surface area contributed by atoms with Crippen molar-refractivity contribution < 1.29 is 0 Å². The Morgan fingerprint density at radius 1 is 0.909 bits per heavy atom. The highest BCUT2D eigenvalue weighted by atomic mass is 15.4. The smallest absolute Gasteiger partial charge is 0.0128 e. The van der Waals surface area contributed by atoms with E-state index in [0.29, 0.717) is 0 Å². The van der Waals surface area contributed by atoms with Crippen LogP contribution in [0.5, 0.6) is 0 Å². The highest BCUT2D eigenvalue weighted by molar-refractivity contribution is 4.48. The predicted octanol–water partition coefficient (Wildman–Crippen LogP) is 2.15. The minimum Gasteiger partial charge on any atom is -0.269 e. The van der Waals surface area contributed by atoms with E-state index >= 15 is 0 Å². The van der Waals surface area contributed by atoms with Gasteiger partial charge in [-0.3, -0.25) is 5.84 Å². The van der Waals surface area contributed by atoms with Gasteiger partial charge in [0.15, 0.2) is 0 Å². The van der Waals surface area contributed by atoms with Crippen molar-refractivity contribution in [2.24, 2.45) is 5.84 Å². The zero-order chi connectivity index (χ0) is 8.53. The quantitative estimate of drug-likeness (QED) is 0.349. The summed E-state index contributed by atoms with van der Waals surface area (Å²) in [6, 6.07) is 0. The Hall–Kier alpha value is -0.0800. The van der Waals surface area contributed by atoms with E-state index < -0.39 is 0 Å². The molecule has 0 unspecified atom stereocenters. The molecule has 0 aliphatic heterocycles. The molecule has 0 spiro atoms. The molecule has 0 fully saturated rings. The number of hydrogen-bond acceptors (Lipinski definition) is 2. The Morgan fingerprint density at radius 3 is 2.00 bits per heavy atom. The molecule has 0 heterocycles. The SMILES string of the molecule is CCCCCN(N)CCCC. The van der Waals surface area contributed by atoms with E-state index in [4.69, 9.17) is 5.84 Å². The molecule has 2 N–H and O–H groups in total. The Morgan fingerprint density at radius 2 is 1.45 bits per heavy atom. The van der Waals surface area contributed by atoms with Gasteiger partial charge in [0, 0.05) is 13.1 Å². The number of hydrogen-bond donors (Lipinski definition) is 1. The summed E-state index contributed by atoms with van der Waals surface area (Å²) in [7, 11) is 0. The highest BCUT2D eigenvalue weighted by Crippen LogP contribution is 1.96. The van der Waals surface area contributed by atoms with Crippen molar-refractivity contribution in [3.8, 4) is 0 Å². The molecule has 68 valence electrons. The molecule has 0 saturated heterocycles. The van der Waals surface area contributed by atoms with Crippen LogP contribution in [0.3, 0.4) is 0 Å². The fourth-order valence-corrected chi connectivity index (χ4v) is 1.04. The van der Waals surface area contributed by atoms with Crippen LogP contribution in [0, 0.1) is 0 Å². The molecular formula is C9H22N2. The first-order chi connectivity index (χ1) is 5.31. The lowest BCUT2D eigenvalue weighted by molar-refractivity contribution is 0.272. The van der Waals surface area contributed by atoms with Crippen molar-refractivity contribution in [2.45, 2.75) is 46.0 Å². The van der Waals surface area contributed by atoms with Crippen LogP contribution in [-0.2, 0) is 0 Å². The summed E-state index contributed by atoms with van der Waals surface area (Å²) in [5, 5.41) is 1.94. The second-order valence-corrected chi connectivity index (χ2v) is 3.10. The summed E-state index contributed by atoms with van der Waals surface area (Å²) < 4.78 is 0. The van der Waals surface area contributed by atoms with Gasteiger partial charge >= 0.3 is 0 Å². The van der Waals surface area contributed by atoms with Crippen molar-refractivity contribution >= 4 is 0 Å². The van der Waals surface area contributed by atoms with Crippen molar-refractivity contribution in [2.75, 3.05) is 13.1 Å². The molecule has 0 rings (SSSR count). The molecule has 11 heavy (non-hydrogen) atoms. The number of rotatable bonds is 7. The van der Waals surface area contributed by atoms with Crippen LogP contribution in [-0.4, -0.2) is 18.1 Å². The van der Waals surface area contributed by atoms with Crippen LogP contribution >= 0.6 is 0 Å². The maximum atomic E-state index is 5.73. The third-order valence-corrected chi connectivity index (χ3v) is 1.85.